The molecule has 5 heteroatoms. The zero-order chi connectivity index (χ0) is 18.9. The van der Waals surface area contributed by atoms with Gasteiger partial charge in [-0.15, -0.1) is 0 Å². The number of hydrogen-bond acceptors (Lipinski definition) is 3. The Hall–Kier alpha value is -2.04. The first kappa shape index (κ1) is 20.3. The Morgan fingerprint density at radius 2 is 2.04 bits per heavy atom. The topological polar surface area (TPSA) is 75.6 Å². The smallest absolute Gasteiger partial charge is 0.404 e. The predicted octanol–water partition coefficient (Wildman–Crippen LogP) is 4.85. The van der Waals surface area contributed by atoms with Crippen molar-refractivity contribution in [3.63, 3.8) is 0 Å². The van der Waals surface area contributed by atoms with E-state index in [1.807, 2.05) is 18.2 Å². The van der Waals surface area contributed by atoms with Crippen LogP contribution in [0, 0.1) is 5.92 Å². The normalized spacial score (nSPS) is 20.2. The molecule has 3 unspecified atom stereocenters. The number of benzene rings is 1. The molecule has 5 nitrogen and oxygen atoms in total. The van der Waals surface area contributed by atoms with Crippen molar-refractivity contribution in [1.82, 2.24) is 5.32 Å². The van der Waals surface area contributed by atoms with E-state index in [0.29, 0.717) is 0 Å². The molecule has 1 amide bonds. The van der Waals surface area contributed by atoms with E-state index in [4.69, 9.17) is 9.84 Å². The second-order valence-corrected chi connectivity index (χ2v) is 7.16. The Morgan fingerprint density at radius 1 is 1.23 bits per heavy atom. The quantitative estimate of drug-likeness (QED) is 0.436. The maximum absolute atomic E-state index is 12.0. The van der Waals surface area contributed by atoms with Crippen molar-refractivity contribution < 1.29 is 19.4 Å². The molecule has 2 rings (SSSR count). The first-order valence-corrected chi connectivity index (χ1v) is 9.82. The van der Waals surface area contributed by atoms with Gasteiger partial charge < -0.3 is 15.2 Å². The second-order valence-electron chi connectivity index (χ2n) is 7.16. The van der Waals surface area contributed by atoms with Crippen LogP contribution in [-0.2, 0) is 16.1 Å². The average molecular weight is 361 g/mol. The van der Waals surface area contributed by atoms with E-state index < -0.39 is 6.09 Å². The largest absolute Gasteiger partial charge is 0.465 e. The summed E-state index contributed by atoms with van der Waals surface area (Å²) in [6, 6.07) is 7.96. The van der Waals surface area contributed by atoms with Gasteiger partial charge in [-0.3, -0.25) is 4.79 Å². The number of ether oxygens (including phenoxy) is 1. The van der Waals surface area contributed by atoms with Crippen molar-refractivity contribution in [3.05, 3.63) is 35.4 Å². The number of unbranched alkanes of at least 4 members (excludes halogenated alkanes) is 3. The zero-order valence-corrected chi connectivity index (χ0v) is 15.9. The van der Waals surface area contributed by atoms with E-state index in [-0.39, 0.29) is 30.5 Å². The molecule has 1 aromatic carbocycles. The third-order valence-corrected chi connectivity index (χ3v) is 5.14. The van der Waals surface area contributed by atoms with E-state index in [9.17, 15) is 9.59 Å². The van der Waals surface area contributed by atoms with E-state index >= 15 is 0 Å². The molecule has 0 radical (unpaired) electrons. The highest BCUT2D eigenvalue weighted by molar-refractivity contribution is 5.79. The summed E-state index contributed by atoms with van der Waals surface area (Å²) in [4.78, 5) is 22.7. The van der Waals surface area contributed by atoms with Crippen LogP contribution in [0.25, 0.3) is 0 Å². The Morgan fingerprint density at radius 3 is 2.69 bits per heavy atom. The number of esters is 1. The lowest BCUT2D eigenvalue weighted by atomic mass is 9.77. The number of carboxylic acid groups (broad SMARTS) is 1. The number of carbonyl (C=O) groups excluding carboxylic acids is 1. The van der Waals surface area contributed by atoms with Crippen molar-refractivity contribution >= 4 is 12.1 Å². The second kappa shape index (κ2) is 10.2. The van der Waals surface area contributed by atoms with Crippen molar-refractivity contribution in [2.24, 2.45) is 5.92 Å². The number of hydrogen-bond donors (Lipinski definition) is 2. The van der Waals surface area contributed by atoms with Gasteiger partial charge >= 0.3 is 12.1 Å². The van der Waals surface area contributed by atoms with Crippen LogP contribution in [0.2, 0.25) is 0 Å². The minimum Gasteiger partial charge on any atom is -0.465 e. The van der Waals surface area contributed by atoms with Crippen LogP contribution in [0.1, 0.15) is 75.8 Å². The molecular weight excluding hydrogens is 330 g/mol. The summed E-state index contributed by atoms with van der Waals surface area (Å²) in [6.07, 6.45) is 6.44. The molecule has 0 aliphatic carbocycles. The van der Waals surface area contributed by atoms with Crippen molar-refractivity contribution in [3.8, 4) is 0 Å². The van der Waals surface area contributed by atoms with Crippen molar-refractivity contribution in [1.29, 1.82) is 0 Å². The van der Waals surface area contributed by atoms with E-state index in [2.05, 4.69) is 25.2 Å². The lowest BCUT2D eigenvalue weighted by Gasteiger charge is -2.40. The number of amides is 1. The third kappa shape index (κ3) is 5.48. The summed E-state index contributed by atoms with van der Waals surface area (Å²) in [5.41, 5.74) is 2.06. The predicted molar refractivity (Wildman–Crippen MR) is 101 cm³/mol. The van der Waals surface area contributed by atoms with Crippen LogP contribution in [0.15, 0.2) is 24.3 Å². The molecule has 3 atom stereocenters. The summed E-state index contributed by atoms with van der Waals surface area (Å²) in [5.74, 6) is 0.124. The van der Waals surface area contributed by atoms with Gasteiger partial charge in [0.05, 0.1) is 5.92 Å². The minimum atomic E-state index is -1.03. The first-order valence-electron chi connectivity index (χ1n) is 9.82. The fraction of sp³-hybridized carbons (Fsp3) is 0.619. The molecule has 0 saturated carbocycles. The van der Waals surface area contributed by atoms with Crippen LogP contribution in [0.4, 0.5) is 4.79 Å². The Bertz CT molecular complexity index is 601. The van der Waals surface area contributed by atoms with Gasteiger partial charge in [-0.1, -0.05) is 70.2 Å². The molecule has 144 valence electrons. The fourth-order valence-electron chi connectivity index (χ4n) is 3.74. The van der Waals surface area contributed by atoms with Crippen molar-refractivity contribution in [2.75, 3.05) is 0 Å². The SMILES string of the molecule is CCCCCCC1C(=O)OC1C(CCC)c1cccc(CNC(=O)O)c1. The van der Waals surface area contributed by atoms with Crippen LogP contribution in [0.5, 0.6) is 0 Å². The summed E-state index contributed by atoms with van der Waals surface area (Å²) in [7, 11) is 0. The monoisotopic (exact) mass is 361 g/mol. The highest BCUT2D eigenvalue weighted by atomic mass is 16.6. The van der Waals surface area contributed by atoms with Gasteiger partial charge in [-0.25, -0.2) is 4.79 Å². The summed E-state index contributed by atoms with van der Waals surface area (Å²) < 4.78 is 5.57. The van der Waals surface area contributed by atoms with Gasteiger partial charge in [-0.2, -0.15) is 0 Å². The van der Waals surface area contributed by atoms with Gasteiger partial charge in [0.1, 0.15) is 6.10 Å². The molecule has 1 aliphatic heterocycles. The molecule has 26 heavy (non-hydrogen) atoms. The minimum absolute atomic E-state index is 0.00390. The maximum atomic E-state index is 12.0. The average Bonchev–Trinajstić information content (AvgIpc) is 2.63. The van der Waals surface area contributed by atoms with Gasteiger partial charge in [-0.05, 0) is 24.0 Å². The van der Waals surface area contributed by atoms with Gasteiger partial charge in [0, 0.05) is 12.5 Å². The molecule has 1 aliphatic rings. The molecule has 0 bridgehead atoms. The van der Waals surface area contributed by atoms with Crippen LogP contribution < -0.4 is 5.32 Å². The lowest BCUT2D eigenvalue weighted by Crippen LogP contribution is -2.48. The molecule has 1 fully saturated rings. The molecule has 0 aromatic heterocycles. The van der Waals surface area contributed by atoms with E-state index in [1.54, 1.807) is 0 Å². The maximum Gasteiger partial charge on any atom is 0.404 e. The van der Waals surface area contributed by atoms with Gasteiger partial charge in [0.15, 0.2) is 0 Å². The van der Waals surface area contributed by atoms with E-state index in [1.165, 1.54) is 19.3 Å². The van der Waals surface area contributed by atoms with Crippen LogP contribution in [-0.4, -0.2) is 23.3 Å². The molecule has 1 aromatic rings. The number of cyclic esters (lactones) is 1. The van der Waals surface area contributed by atoms with Gasteiger partial charge in [0.2, 0.25) is 0 Å². The molecule has 1 heterocycles. The molecular formula is C21H31NO4. The van der Waals surface area contributed by atoms with E-state index in [0.717, 1.165) is 36.8 Å². The Balaban J connectivity index is 2.06. The highest BCUT2D eigenvalue weighted by Crippen LogP contribution is 2.40. The zero-order valence-electron chi connectivity index (χ0n) is 15.9. The first-order chi connectivity index (χ1) is 12.6. The third-order valence-electron chi connectivity index (χ3n) is 5.14. The Labute approximate surface area is 156 Å². The molecule has 2 N–H and O–H groups in total. The number of carbonyl (C=O) groups is 2. The standard InChI is InChI=1S/C21H31NO4/c1-3-5-6-7-12-18-19(26-20(18)23)17(9-4-2)16-11-8-10-15(13-16)14-22-21(24)25/h8,10-11,13,17-19,22H,3-7,9,12,14H2,1-2H3,(H,24,25). The van der Waals surface area contributed by atoms with Crippen molar-refractivity contribution in [2.45, 2.75) is 77.4 Å². The number of nitrogens with one attached hydrogen (secondary N) is 1. The lowest BCUT2D eigenvalue weighted by molar-refractivity contribution is -0.188. The molecule has 1 saturated heterocycles. The van der Waals surface area contributed by atoms with Gasteiger partial charge in [0.25, 0.3) is 0 Å². The highest BCUT2D eigenvalue weighted by Gasteiger charge is 2.46. The number of rotatable bonds is 11. The summed E-state index contributed by atoms with van der Waals surface area (Å²) in [5, 5.41) is 11.2. The summed E-state index contributed by atoms with van der Waals surface area (Å²) in [6.45, 7) is 4.61. The Kier molecular flexibility index (Phi) is 7.95. The molecule has 0 spiro atoms. The summed E-state index contributed by atoms with van der Waals surface area (Å²) >= 11 is 0. The van der Waals surface area contributed by atoms with Crippen LogP contribution >= 0.6 is 0 Å². The fourth-order valence-corrected chi connectivity index (χ4v) is 3.74. The van der Waals surface area contributed by atoms with Crippen LogP contribution in [0.3, 0.4) is 0 Å².